The van der Waals surface area contributed by atoms with Crippen molar-refractivity contribution in [2.45, 2.75) is 76.8 Å². The molecule has 2 aromatic rings. The van der Waals surface area contributed by atoms with E-state index >= 15 is 0 Å². The molecule has 30 heavy (non-hydrogen) atoms. The van der Waals surface area contributed by atoms with Gasteiger partial charge in [0, 0.05) is 17.6 Å². The normalized spacial score (nSPS) is 17.1. The van der Waals surface area contributed by atoms with Crippen LogP contribution in [0.1, 0.15) is 69.9 Å². The molecule has 0 saturated heterocycles. The summed E-state index contributed by atoms with van der Waals surface area (Å²) in [6.45, 7) is 6.50. The summed E-state index contributed by atoms with van der Waals surface area (Å²) in [5.74, 6) is 0.444. The number of nitriles is 1. The summed E-state index contributed by atoms with van der Waals surface area (Å²) in [4.78, 5) is 2.53. The van der Waals surface area contributed by atoms with Gasteiger partial charge in [0.05, 0.1) is 11.5 Å². The van der Waals surface area contributed by atoms with Crippen LogP contribution in [0.15, 0.2) is 54.6 Å². The fraction of sp³-hybridized carbons (Fsp3) is 0.519. The van der Waals surface area contributed by atoms with E-state index in [9.17, 15) is 5.26 Å². The Morgan fingerprint density at radius 1 is 1.03 bits per heavy atom. The molecule has 0 aliphatic heterocycles. The first-order valence-corrected chi connectivity index (χ1v) is 11.9. The standard InChI is InChI=1S/C27H35ClN2/c1-22(2)30(20-23-10-5-3-6-11-23)19-9-18-27(21-29,24-12-7-4-8-13-24)25-14-16-26(28)17-15-25/h3,5-6,10-11,14-17,22,24H,4,7-9,12-13,18-20H2,1-2H3. The van der Waals surface area contributed by atoms with Crippen LogP contribution in [0.25, 0.3) is 0 Å². The summed E-state index contributed by atoms with van der Waals surface area (Å²) in [5, 5.41) is 11.2. The van der Waals surface area contributed by atoms with Gasteiger partial charge in [-0.1, -0.05) is 73.3 Å². The Morgan fingerprint density at radius 2 is 1.70 bits per heavy atom. The van der Waals surface area contributed by atoms with Crippen LogP contribution in [-0.2, 0) is 12.0 Å². The third-order valence-electron chi connectivity index (χ3n) is 6.84. The van der Waals surface area contributed by atoms with Crippen molar-refractivity contribution in [2.24, 2.45) is 5.92 Å². The molecule has 3 rings (SSSR count). The van der Waals surface area contributed by atoms with Crippen LogP contribution in [0.5, 0.6) is 0 Å². The molecular weight excluding hydrogens is 388 g/mol. The van der Waals surface area contributed by atoms with Crippen molar-refractivity contribution in [1.29, 1.82) is 5.26 Å². The van der Waals surface area contributed by atoms with Gasteiger partial charge in [0.2, 0.25) is 0 Å². The molecule has 0 radical (unpaired) electrons. The van der Waals surface area contributed by atoms with Gasteiger partial charge in [-0.05, 0) is 75.3 Å². The molecule has 0 heterocycles. The smallest absolute Gasteiger partial charge is 0.0850 e. The van der Waals surface area contributed by atoms with Crippen LogP contribution in [0, 0.1) is 17.2 Å². The van der Waals surface area contributed by atoms with E-state index in [1.165, 1.54) is 24.8 Å². The van der Waals surface area contributed by atoms with E-state index in [-0.39, 0.29) is 0 Å². The molecule has 1 saturated carbocycles. The number of benzene rings is 2. The molecule has 2 aromatic carbocycles. The van der Waals surface area contributed by atoms with E-state index in [0.717, 1.165) is 49.4 Å². The number of rotatable bonds is 9. The predicted octanol–water partition coefficient (Wildman–Crippen LogP) is 7.37. The van der Waals surface area contributed by atoms with Gasteiger partial charge in [0.25, 0.3) is 0 Å². The van der Waals surface area contributed by atoms with Crippen LogP contribution in [-0.4, -0.2) is 17.5 Å². The van der Waals surface area contributed by atoms with Gasteiger partial charge in [0.1, 0.15) is 0 Å². The molecule has 0 N–H and O–H groups in total. The molecular formula is C27H35ClN2. The van der Waals surface area contributed by atoms with E-state index in [4.69, 9.17) is 11.6 Å². The first-order valence-electron chi connectivity index (χ1n) is 11.5. The molecule has 1 atom stereocenters. The van der Waals surface area contributed by atoms with Crippen LogP contribution in [0.2, 0.25) is 5.02 Å². The lowest BCUT2D eigenvalue weighted by Crippen LogP contribution is -2.37. The van der Waals surface area contributed by atoms with Crippen molar-refractivity contribution in [2.75, 3.05) is 6.54 Å². The molecule has 1 aliphatic rings. The topological polar surface area (TPSA) is 27.0 Å². The summed E-state index contributed by atoms with van der Waals surface area (Å²) in [6.07, 6.45) is 8.05. The van der Waals surface area contributed by atoms with E-state index in [2.05, 4.69) is 67.3 Å². The Bertz CT molecular complexity index is 803. The number of hydrogen-bond acceptors (Lipinski definition) is 2. The van der Waals surface area contributed by atoms with Crippen molar-refractivity contribution >= 4 is 11.6 Å². The lowest BCUT2D eigenvalue weighted by Gasteiger charge is -2.39. The van der Waals surface area contributed by atoms with Crippen LogP contribution in [0.4, 0.5) is 0 Å². The molecule has 0 amide bonds. The highest BCUT2D eigenvalue weighted by atomic mass is 35.5. The molecule has 2 nitrogen and oxygen atoms in total. The zero-order valence-electron chi connectivity index (χ0n) is 18.5. The fourth-order valence-electron chi connectivity index (χ4n) is 5.04. The van der Waals surface area contributed by atoms with E-state index in [1.54, 1.807) is 0 Å². The number of hydrogen-bond donors (Lipinski definition) is 0. The minimum atomic E-state index is -0.402. The van der Waals surface area contributed by atoms with Gasteiger partial charge in [-0.3, -0.25) is 4.90 Å². The first kappa shape index (κ1) is 22.9. The molecule has 1 fully saturated rings. The van der Waals surface area contributed by atoms with Crippen LogP contribution < -0.4 is 0 Å². The maximum absolute atomic E-state index is 10.5. The van der Waals surface area contributed by atoms with Crippen molar-refractivity contribution in [3.05, 3.63) is 70.7 Å². The Morgan fingerprint density at radius 3 is 2.30 bits per heavy atom. The Labute approximate surface area is 187 Å². The van der Waals surface area contributed by atoms with Gasteiger partial charge in [-0.15, -0.1) is 0 Å². The van der Waals surface area contributed by atoms with Gasteiger partial charge in [0.15, 0.2) is 0 Å². The Balaban J connectivity index is 1.75. The lowest BCUT2D eigenvalue weighted by molar-refractivity contribution is 0.186. The molecule has 160 valence electrons. The fourth-order valence-corrected chi connectivity index (χ4v) is 5.16. The lowest BCUT2D eigenvalue weighted by atomic mass is 9.63. The molecule has 1 unspecified atom stereocenters. The quantitative estimate of drug-likeness (QED) is 0.421. The highest BCUT2D eigenvalue weighted by Gasteiger charge is 2.40. The van der Waals surface area contributed by atoms with Crippen LogP contribution >= 0.6 is 11.6 Å². The van der Waals surface area contributed by atoms with E-state index in [0.29, 0.717) is 12.0 Å². The summed E-state index contributed by atoms with van der Waals surface area (Å²) in [7, 11) is 0. The molecule has 3 heteroatoms. The minimum Gasteiger partial charge on any atom is -0.297 e. The van der Waals surface area contributed by atoms with Gasteiger partial charge >= 0.3 is 0 Å². The summed E-state index contributed by atoms with van der Waals surface area (Å²) in [6, 6.07) is 22.0. The monoisotopic (exact) mass is 422 g/mol. The van der Waals surface area contributed by atoms with Gasteiger partial charge < -0.3 is 0 Å². The summed E-state index contributed by atoms with van der Waals surface area (Å²) in [5.41, 5.74) is 2.10. The minimum absolute atomic E-state index is 0.402. The highest BCUT2D eigenvalue weighted by molar-refractivity contribution is 6.30. The van der Waals surface area contributed by atoms with Crippen molar-refractivity contribution in [3.63, 3.8) is 0 Å². The number of nitrogens with zero attached hydrogens (tertiary/aromatic N) is 2. The van der Waals surface area contributed by atoms with Crippen molar-refractivity contribution < 1.29 is 0 Å². The predicted molar refractivity (Wildman–Crippen MR) is 127 cm³/mol. The maximum Gasteiger partial charge on any atom is 0.0850 e. The molecule has 0 aromatic heterocycles. The second kappa shape index (κ2) is 11.0. The maximum atomic E-state index is 10.5. The molecule has 0 spiro atoms. The van der Waals surface area contributed by atoms with Crippen molar-refractivity contribution in [3.8, 4) is 6.07 Å². The zero-order valence-corrected chi connectivity index (χ0v) is 19.2. The van der Waals surface area contributed by atoms with E-state index in [1.807, 2.05) is 12.1 Å². The molecule has 1 aliphatic carbocycles. The Hall–Kier alpha value is -1.82. The second-order valence-corrected chi connectivity index (χ2v) is 9.51. The third kappa shape index (κ3) is 5.65. The zero-order chi connectivity index (χ0) is 21.4. The average Bonchev–Trinajstić information content (AvgIpc) is 2.78. The van der Waals surface area contributed by atoms with Gasteiger partial charge in [-0.2, -0.15) is 5.26 Å². The van der Waals surface area contributed by atoms with Crippen molar-refractivity contribution in [1.82, 2.24) is 4.90 Å². The first-order chi connectivity index (χ1) is 14.5. The third-order valence-corrected chi connectivity index (χ3v) is 7.09. The largest absolute Gasteiger partial charge is 0.297 e. The highest BCUT2D eigenvalue weighted by Crippen LogP contribution is 2.44. The summed E-state index contributed by atoms with van der Waals surface area (Å²) < 4.78 is 0. The van der Waals surface area contributed by atoms with Gasteiger partial charge in [-0.25, -0.2) is 0 Å². The number of halogens is 1. The second-order valence-electron chi connectivity index (χ2n) is 9.08. The molecule has 0 bridgehead atoms. The van der Waals surface area contributed by atoms with Crippen LogP contribution in [0.3, 0.4) is 0 Å². The SMILES string of the molecule is CC(C)N(CCCC(C#N)(c1ccc(Cl)cc1)C1CCCCC1)Cc1ccccc1. The summed E-state index contributed by atoms with van der Waals surface area (Å²) >= 11 is 6.16. The van der Waals surface area contributed by atoms with E-state index < -0.39 is 5.41 Å². The average molecular weight is 423 g/mol. The Kier molecular flexibility index (Phi) is 8.37.